The van der Waals surface area contributed by atoms with Gasteiger partial charge in [0.2, 0.25) is 0 Å². The van der Waals surface area contributed by atoms with Crippen molar-refractivity contribution in [1.29, 1.82) is 5.26 Å². The number of nitriles is 1. The molecule has 0 radical (unpaired) electrons. The maximum atomic E-state index is 10.6. The van der Waals surface area contributed by atoms with E-state index in [2.05, 4.69) is 149 Å². The maximum absolute atomic E-state index is 10.6. The first-order chi connectivity index (χ1) is 28.8. The number of nitrogens with zero attached hydrogens (tertiary/aromatic N) is 5. The van der Waals surface area contributed by atoms with Crippen molar-refractivity contribution in [3.8, 4) is 62.5 Å². The number of aromatic nitrogens is 4. The summed E-state index contributed by atoms with van der Waals surface area (Å²) in [6, 6.07) is 72.0. The minimum atomic E-state index is 0.444. The van der Waals surface area contributed by atoms with E-state index in [-0.39, 0.29) is 0 Å². The molecule has 270 valence electrons. The molecule has 5 heteroatoms. The Morgan fingerprint density at radius 2 is 0.862 bits per heavy atom. The van der Waals surface area contributed by atoms with E-state index in [1.165, 1.54) is 21.8 Å². The van der Waals surface area contributed by atoms with Crippen LogP contribution in [0.5, 0.6) is 0 Å². The number of para-hydroxylation sites is 3. The molecule has 11 rings (SSSR count). The second-order valence-electron chi connectivity index (χ2n) is 14.5. The summed E-state index contributed by atoms with van der Waals surface area (Å²) in [7, 11) is 0. The van der Waals surface area contributed by atoms with Gasteiger partial charge in [-0.3, -0.25) is 0 Å². The van der Waals surface area contributed by atoms with Crippen LogP contribution in [0, 0.1) is 11.3 Å². The van der Waals surface area contributed by atoms with E-state index in [0.29, 0.717) is 22.8 Å². The zero-order valence-electron chi connectivity index (χ0n) is 31.3. The van der Waals surface area contributed by atoms with Gasteiger partial charge in [-0.15, -0.1) is 0 Å². The van der Waals surface area contributed by atoms with Crippen LogP contribution in [0.3, 0.4) is 0 Å². The highest BCUT2D eigenvalue weighted by molar-refractivity contribution is 6.12. The van der Waals surface area contributed by atoms with Crippen LogP contribution >= 0.6 is 0 Å². The second-order valence-corrected chi connectivity index (χ2v) is 14.5. The molecule has 5 nitrogen and oxygen atoms in total. The van der Waals surface area contributed by atoms with Gasteiger partial charge in [-0.25, -0.2) is 9.97 Å². The molecule has 8 aromatic carbocycles. The third-order valence-electron chi connectivity index (χ3n) is 11.2. The molecule has 0 saturated carbocycles. The van der Waals surface area contributed by atoms with Crippen LogP contribution in [-0.2, 0) is 0 Å². The molecule has 0 spiro atoms. The summed E-state index contributed by atoms with van der Waals surface area (Å²) in [5.41, 5.74) is 12.9. The lowest BCUT2D eigenvalue weighted by molar-refractivity contribution is 1.15. The zero-order chi connectivity index (χ0) is 38.6. The van der Waals surface area contributed by atoms with Crippen molar-refractivity contribution < 1.29 is 0 Å². The average molecular weight is 740 g/mol. The van der Waals surface area contributed by atoms with Crippen LogP contribution in [0.25, 0.3) is 100 Å². The van der Waals surface area contributed by atoms with Crippen LogP contribution in [0.1, 0.15) is 5.56 Å². The van der Waals surface area contributed by atoms with E-state index in [1.54, 1.807) is 0 Å². The van der Waals surface area contributed by atoms with E-state index in [0.717, 1.165) is 61.0 Å². The summed E-state index contributed by atoms with van der Waals surface area (Å²) in [6.07, 6.45) is 0. The van der Waals surface area contributed by atoms with Gasteiger partial charge in [0.1, 0.15) is 11.6 Å². The molecule has 0 unspecified atom stereocenters. The quantitative estimate of drug-likeness (QED) is 0.171. The fraction of sp³-hybridized carbons (Fsp3) is 0. The van der Waals surface area contributed by atoms with Crippen molar-refractivity contribution in [3.05, 3.63) is 206 Å². The van der Waals surface area contributed by atoms with Crippen LogP contribution < -0.4 is 0 Å². The van der Waals surface area contributed by atoms with Crippen molar-refractivity contribution in [2.75, 3.05) is 0 Å². The molecule has 0 atom stereocenters. The van der Waals surface area contributed by atoms with Gasteiger partial charge in [-0.05, 0) is 48.0 Å². The minimum Gasteiger partial charge on any atom is -0.309 e. The highest BCUT2D eigenvalue weighted by Crippen LogP contribution is 2.43. The molecule has 0 fully saturated rings. The summed E-state index contributed by atoms with van der Waals surface area (Å²) in [6.45, 7) is 0. The fourth-order valence-corrected chi connectivity index (χ4v) is 8.68. The van der Waals surface area contributed by atoms with Crippen molar-refractivity contribution in [2.24, 2.45) is 0 Å². The average Bonchev–Trinajstić information content (AvgIpc) is 3.81. The van der Waals surface area contributed by atoms with Crippen molar-refractivity contribution in [3.63, 3.8) is 0 Å². The Morgan fingerprint density at radius 1 is 0.397 bits per heavy atom. The van der Waals surface area contributed by atoms with Crippen LogP contribution in [0.2, 0.25) is 0 Å². The summed E-state index contributed by atoms with van der Waals surface area (Å²) in [5, 5.41) is 15.4. The maximum Gasteiger partial charge on any atom is 0.161 e. The topological polar surface area (TPSA) is 59.4 Å². The Bertz CT molecular complexity index is 3280. The van der Waals surface area contributed by atoms with Gasteiger partial charge in [0.15, 0.2) is 5.82 Å². The standard InChI is InChI=1S/C53H33N5/c54-34-44-51(36-19-6-2-7-20-36)55-53(56-52(44)37-21-8-3-9-22-37)42-26-16-30-49(50(42)35-17-4-1-5-18-35)58-47-29-15-12-25-41(47)43-33-38(31-32-48(43)58)57-45-27-13-10-23-39(45)40-24-11-14-28-46(40)57/h1-33H. The van der Waals surface area contributed by atoms with Gasteiger partial charge in [-0.2, -0.15) is 5.26 Å². The van der Waals surface area contributed by atoms with E-state index in [1.807, 2.05) is 66.7 Å². The van der Waals surface area contributed by atoms with Crippen molar-refractivity contribution in [2.45, 2.75) is 0 Å². The second kappa shape index (κ2) is 13.6. The van der Waals surface area contributed by atoms with E-state index in [4.69, 9.17) is 9.97 Å². The Balaban J connectivity index is 1.20. The lowest BCUT2D eigenvalue weighted by Crippen LogP contribution is -2.04. The van der Waals surface area contributed by atoms with Gasteiger partial charge < -0.3 is 9.13 Å². The zero-order valence-corrected chi connectivity index (χ0v) is 31.3. The molecule has 0 aliphatic carbocycles. The number of rotatable bonds is 6. The molecule has 0 N–H and O–H groups in total. The van der Waals surface area contributed by atoms with E-state index < -0.39 is 0 Å². The Kier molecular flexibility index (Phi) is 7.80. The predicted octanol–water partition coefficient (Wildman–Crippen LogP) is 13.2. The minimum absolute atomic E-state index is 0.444. The van der Waals surface area contributed by atoms with Crippen molar-refractivity contribution in [1.82, 2.24) is 19.1 Å². The number of fused-ring (bicyclic) bond motifs is 6. The third-order valence-corrected chi connectivity index (χ3v) is 11.2. The molecular formula is C53H33N5. The van der Waals surface area contributed by atoms with Crippen LogP contribution in [-0.4, -0.2) is 19.1 Å². The lowest BCUT2D eigenvalue weighted by Gasteiger charge is -2.19. The molecule has 3 aromatic heterocycles. The number of hydrogen-bond acceptors (Lipinski definition) is 3. The Hall–Kier alpha value is -8.07. The molecule has 0 aliphatic heterocycles. The van der Waals surface area contributed by atoms with E-state index >= 15 is 0 Å². The molecule has 0 aliphatic rings. The summed E-state index contributed by atoms with van der Waals surface area (Å²) < 4.78 is 4.76. The highest BCUT2D eigenvalue weighted by atomic mass is 15.0. The van der Waals surface area contributed by atoms with Gasteiger partial charge in [0, 0.05) is 49.5 Å². The molecule has 0 amide bonds. The number of hydrogen-bond donors (Lipinski definition) is 0. The first-order valence-electron chi connectivity index (χ1n) is 19.4. The van der Waals surface area contributed by atoms with Crippen LogP contribution in [0.15, 0.2) is 200 Å². The van der Waals surface area contributed by atoms with Gasteiger partial charge in [0.25, 0.3) is 0 Å². The first kappa shape index (κ1) is 33.3. The monoisotopic (exact) mass is 739 g/mol. The van der Waals surface area contributed by atoms with Gasteiger partial charge >= 0.3 is 0 Å². The third kappa shape index (κ3) is 5.24. The Labute approximate surface area is 335 Å². The van der Waals surface area contributed by atoms with Crippen LogP contribution in [0.4, 0.5) is 0 Å². The van der Waals surface area contributed by atoms with Crippen molar-refractivity contribution >= 4 is 43.6 Å². The SMILES string of the molecule is N#Cc1c(-c2ccccc2)nc(-c2cccc(-n3c4ccccc4c4cc(-n5c6ccccc6c6ccccc65)ccc43)c2-c2ccccc2)nc1-c1ccccc1. The lowest BCUT2D eigenvalue weighted by atomic mass is 9.95. The Morgan fingerprint density at radius 3 is 1.41 bits per heavy atom. The van der Waals surface area contributed by atoms with Gasteiger partial charge in [-0.1, -0.05) is 158 Å². The normalized spacial score (nSPS) is 11.4. The molecule has 11 aromatic rings. The molecule has 3 heterocycles. The highest BCUT2D eigenvalue weighted by Gasteiger charge is 2.24. The number of benzene rings is 8. The summed E-state index contributed by atoms with van der Waals surface area (Å²) in [4.78, 5) is 10.5. The van der Waals surface area contributed by atoms with E-state index in [9.17, 15) is 5.26 Å². The molecule has 58 heavy (non-hydrogen) atoms. The largest absolute Gasteiger partial charge is 0.309 e. The molecular weight excluding hydrogens is 707 g/mol. The molecule has 0 saturated heterocycles. The van der Waals surface area contributed by atoms with Gasteiger partial charge in [0.05, 0.1) is 39.1 Å². The first-order valence-corrected chi connectivity index (χ1v) is 19.4. The summed E-state index contributed by atoms with van der Waals surface area (Å²) >= 11 is 0. The smallest absolute Gasteiger partial charge is 0.161 e. The fourth-order valence-electron chi connectivity index (χ4n) is 8.68. The summed E-state index contributed by atoms with van der Waals surface area (Å²) in [5.74, 6) is 0.548. The predicted molar refractivity (Wildman–Crippen MR) is 237 cm³/mol. The molecule has 0 bridgehead atoms.